The number of hydrogen-bond acceptors (Lipinski definition) is 7. The van der Waals surface area contributed by atoms with E-state index in [-0.39, 0.29) is 12.8 Å². The molecule has 1 aliphatic carbocycles. The first kappa shape index (κ1) is 27.3. The Kier molecular flexibility index (Phi) is 7.96. The fourth-order valence-electron chi connectivity index (χ4n) is 5.83. The number of carbonyl (C=O) groups excluding carboxylic acids is 1. The molecule has 1 fully saturated rings. The van der Waals surface area contributed by atoms with Gasteiger partial charge in [0, 0.05) is 44.1 Å². The number of rotatable bonds is 14. The molecule has 0 amide bonds. The summed E-state index contributed by atoms with van der Waals surface area (Å²) in [6.07, 6.45) is 8.43. The highest BCUT2D eigenvalue weighted by Crippen LogP contribution is 2.44. The van der Waals surface area contributed by atoms with Crippen LogP contribution in [0.2, 0.25) is 0 Å². The summed E-state index contributed by atoms with van der Waals surface area (Å²) in [7, 11) is 4.10. The molecule has 1 unspecified atom stereocenters. The van der Waals surface area contributed by atoms with Crippen LogP contribution in [0.25, 0.3) is 10.9 Å². The minimum Gasteiger partial charge on any atom is -0.491 e. The first-order valence-corrected chi connectivity index (χ1v) is 14.5. The van der Waals surface area contributed by atoms with Crippen LogP contribution < -0.4 is 15.0 Å². The van der Waals surface area contributed by atoms with E-state index in [0.29, 0.717) is 37.5 Å². The molecule has 9 heteroatoms. The van der Waals surface area contributed by atoms with Crippen molar-refractivity contribution in [3.63, 3.8) is 0 Å². The molecular weight excluding hydrogens is 521 g/mol. The summed E-state index contributed by atoms with van der Waals surface area (Å²) >= 11 is 0. The lowest BCUT2D eigenvalue weighted by molar-refractivity contribution is 0.112. The highest BCUT2D eigenvalue weighted by molar-refractivity contribution is 5.90. The van der Waals surface area contributed by atoms with Crippen LogP contribution in [0.4, 0.5) is 15.8 Å². The Morgan fingerprint density at radius 3 is 2.85 bits per heavy atom. The summed E-state index contributed by atoms with van der Waals surface area (Å²) < 4.78 is 26.7. The zero-order valence-electron chi connectivity index (χ0n) is 23.8. The van der Waals surface area contributed by atoms with Crippen molar-refractivity contribution < 1.29 is 18.3 Å². The van der Waals surface area contributed by atoms with Gasteiger partial charge in [0.25, 0.3) is 0 Å². The molecule has 0 radical (unpaired) electrons. The Balaban J connectivity index is 1.28. The SMILES string of the molecule is CN(CCCF)CCc1cc2c(cc1C=O)NC(c1cc3cccc(OCCc4cnco4)c3n1CC1CC1)N2C. The minimum atomic E-state index is -0.311. The number of carbonyl (C=O) groups is 1. The van der Waals surface area contributed by atoms with E-state index in [1.807, 2.05) is 25.2 Å². The Labute approximate surface area is 240 Å². The van der Waals surface area contributed by atoms with Crippen LogP contribution in [0.5, 0.6) is 5.75 Å². The lowest BCUT2D eigenvalue weighted by Gasteiger charge is -2.25. The maximum Gasteiger partial charge on any atom is 0.180 e. The van der Waals surface area contributed by atoms with Gasteiger partial charge in [0.15, 0.2) is 6.39 Å². The molecule has 2 aromatic heterocycles. The summed E-state index contributed by atoms with van der Waals surface area (Å²) in [6.45, 7) is 2.62. The van der Waals surface area contributed by atoms with Gasteiger partial charge in [-0.3, -0.25) is 9.18 Å². The molecule has 1 N–H and O–H groups in total. The smallest absolute Gasteiger partial charge is 0.180 e. The molecule has 216 valence electrons. The van der Waals surface area contributed by atoms with E-state index < -0.39 is 0 Å². The fraction of sp³-hybridized carbons (Fsp3) is 0.438. The van der Waals surface area contributed by atoms with Crippen LogP contribution in [-0.4, -0.2) is 61.2 Å². The Morgan fingerprint density at radius 2 is 2.10 bits per heavy atom. The molecule has 4 aromatic rings. The van der Waals surface area contributed by atoms with Crippen molar-refractivity contribution in [3.05, 3.63) is 71.6 Å². The molecule has 0 bridgehead atoms. The number of benzene rings is 2. The Morgan fingerprint density at radius 1 is 1.22 bits per heavy atom. The molecule has 41 heavy (non-hydrogen) atoms. The molecule has 2 aliphatic rings. The summed E-state index contributed by atoms with van der Waals surface area (Å²) in [5, 5.41) is 4.85. The van der Waals surface area contributed by atoms with E-state index in [1.54, 1.807) is 6.20 Å². The molecule has 1 atom stereocenters. The number of aldehydes is 1. The van der Waals surface area contributed by atoms with Crippen LogP contribution in [0.3, 0.4) is 0 Å². The van der Waals surface area contributed by atoms with Crippen molar-refractivity contribution in [1.29, 1.82) is 0 Å². The van der Waals surface area contributed by atoms with Crippen LogP contribution in [0.1, 0.15) is 52.8 Å². The molecular formula is C32H38FN5O3. The number of hydrogen-bond donors (Lipinski definition) is 1. The number of fused-ring (bicyclic) bond motifs is 2. The fourth-order valence-corrected chi connectivity index (χ4v) is 5.83. The average molecular weight is 560 g/mol. The summed E-state index contributed by atoms with van der Waals surface area (Å²) in [4.78, 5) is 20.4. The first-order valence-electron chi connectivity index (χ1n) is 14.5. The van der Waals surface area contributed by atoms with Crippen molar-refractivity contribution in [3.8, 4) is 5.75 Å². The van der Waals surface area contributed by atoms with E-state index >= 15 is 0 Å². The van der Waals surface area contributed by atoms with Gasteiger partial charge in [0.05, 0.1) is 42.1 Å². The van der Waals surface area contributed by atoms with Gasteiger partial charge in [-0.2, -0.15) is 0 Å². The van der Waals surface area contributed by atoms with Crippen molar-refractivity contribution >= 4 is 28.6 Å². The number of likely N-dealkylation sites (N-methyl/N-ethyl adjacent to an activating group) is 1. The first-order chi connectivity index (χ1) is 20.1. The number of alkyl halides is 1. The second-order valence-electron chi connectivity index (χ2n) is 11.3. The largest absolute Gasteiger partial charge is 0.491 e. The maximum atomic E-state index is 12.6. The number of para-hydroxylation sites is 1. The number of ether oxygens (including phenoxy) is 1. The quantitative estimate of drug-likeness (QED) is 0.194. The lowest BCUT2D eigenvalue weighted by atomic mass is 10.0. The molecule has 1 saturated carbocycles. The Hall–Kier alpha value is -3.85. The lowest BCUT2D eigenvalue weighted by Crippen LogP contribution is -2.26. The molecule has 1 aliphatic heterocycles. The average Bonchev–Trinajstić information content (AvgIpc) is 3.35. The molecule has 6 rings (SSSR count). The van der Waals surface area contributed by atoms with Gasteiger partial charge in [-0.15, -0.1) is 0 Å². The predicted molar refractivity (Wildman–Crippen MR) is 159 cm³/mol. The number of oxazole rings is 1. The second-order valence-corrected chi connectivity index (χ2v) is 11.3. The molecule has 3 heterocycles. The van der Waals surface area contributed by atoms with E-state index in [4.69, 9.17) is 9.15 Å². The van der Waals surface area contributed by atoms with Crippen molar-refractivity contribution in [2.75, 3.05) is 50.7 Å². The molecule has 0 saturated heterocycles. The third-order valence-electron chi connectivity index (χ3n) is 8.30. The van der Waals surface area contributed by atoms with E-state index in [0.717, 1.165) is 65.1 Å². The third-order valence-corrected chi connectivity index (χ3v) is 8.30. The van der Waals surface area contributed by atoms with Gasteiger partial charge in [0.2, 0.25) is 0 Å². The number of aromatic nitrogens is 2. The van der Waals surface area contributed by atoms with Gasteiger partial charge in [-0.05, 0) is 68.5 Å². The molecule has 8 nitrogen and oxygen atoms in total. The van der Waals surface area contributed by atoms with Crippen molar-refractivity contribution in [2.45, 2.75) is 44.8 Å². The molecule has 2 aromatic carbocycles. The Bertz CT molecular complexity index is 1500. The van der Waals surface area contributed by atoms with Gasteiger partial charge in [0.1, 0.15) is 24.0 Å². The predicted octanol–water partition coefficient (Wildman–Crippen LogP) is 5.87. The minimum absolute atomic E-state index is 0.0832. The maximum absolute atomic E-state index is 12.6. The number of anilines is 2. The van der Waals surface area contributed by atoms with Crippen LogP contribution in [-0.2, 0) is 19.4 Å². The van der Waals surface area contributed by atoms with Crippen molar-refractivity contribution in [1.82, 2.24) is 14.5 Å². The second kappa shape index (κ2) is 11.9. The zero-order valence-corrected chi connectivity index (χ0v) is 23.8. The van der Waals surface area contributed by atoms with E-state index in [1.165, 1.54) is 24.9 Å². The standard InChI is InChI=1S/C32H38FN5O3/c1-36(12-4-11-33)13-9-23-16-28-27(15-25(23)20-39)35-32(37(28)2)29-17-24-5-3-6-30(31(24)38(29)19-22-7-8-22)40-14-10-26-18-34-21-41-26/h3,5-6,15-18,20-22,32,35H,4,7-14,19H2,1-2H3. The van der Waals surface area contributed by atoms with E-state index in [9.17, 15) is 9.18 Å². The van der Waals surface area contributed by atoms with Gasteiger partial charge >= 0.3 is 0 Å². The molecule has 0 spiro atoms. The van der Waals surface area contributed by atoms with Gasteiger partial charge in [-0.1, -0.05) is 12.1 Å². The zero-order chi connectivity index (χ0) is 28.3. The number of nitrogens with zero attached hydrogens (tertiary/aromatic N) is 4. The summed E-state index contributed by atoms with van der Waals surface area (Å²) in [5.74, 6) is 2.35. The third kappa shape index (κ3) is 5.81. The van der Waals surface area contributed by atoms with Crippen LogP contribution in [0.15, 0.2) is 53.4 Å². The highest BCUT2D eigenvalue weighted by Gasteiger charge is 2.33. The topological polar surface area (TPSA) is 75.8 Å². The summed E-state index contributed by atoms with van der Waals surface area (Å²) in [5.41, 5.74) is 6.04. The normalized spacial score (nSPS) is 16.4. The highest BCUT2D eigenvalue weighted by atomic mass is 19.1. The van der Waals surface area contributed by atoms with Gasteiger partial charge < -0.3 is 28.8 Å². The van der Waals surface area contributed by atoms with E-state index in [2.05, 4.69) is 49.9 Å². The number of halogens is 1. The number of nitrogens with one attached hydrogen (secondary N) is 1. The monoisotopic (exact) mass is 559 g/mol. The van der Waals surface area contributed by atoms with Crippen LogP contribution in [0, 0.1) is 5.92 Å². The van der Waals surface area contributed by atoms with Crippen molar-refractivity contribution in [2.24, 2.45) is 5.92 Å². The van der Waals surface area contributed by atoms with Crippen LogP contribution >= 0.6 is 0 Å². The summed E-state index contributed by atoms with van der Waals surface area (Å²) in [6, 6.07) is 12.6. The van der Waals surface area contributed by atoms with Gasteiger partial charge in [-0.25, -0.2) is 4.98 Å².